The molecule has 0 spiro atoms. The first-order valence-electron chi connectivity index (χ1n) is 17.8. The maximum Gasteiger partial charge on any atom is 0.145 e. The molecule has 5 nitrogen and oxygen atoms in total. The van der Waals surface area contributed by atoms with Gasteiger partial charge in [-0.05, 0) is 89.0 Å². The maximum absolute atomic E-state index is 4.91. The summed E-state index contributed by atoms with van der Waals surface area (Å²) in [6.45, 7) is 9.46. The standard InChI is InChI=1S/C46H35N5/c1-45(2)35-16-9-14-32-34-27-47-24-22-39(34)50(42(32)35)40-20-18-29(25-37(40)45)49(28-11-6-5-7-12-28)30-19-21-41-38(26-30)46(3,4)36-17-8-13-31-33-15-10-23-48-44(33)51(41)43(31)36/h5-27H,1-4H3. The van der Waals surface area contributed by atoms with Crippen molar-refractivity contribution >= 4 is 60.8 Å². The van der Waals surface area contributed by atoms with E-state index in [1.807, 2.05) is 24.7 Å². The minimum atomic E-state index is -0.227. The van der Waals surface area contributed by atoms with Crippen LogP contribution >= 0.6 is 0 Å². The van der Waals surface area contributed by atoms with Crippen molar-refractivity contribution in [1.82, 2.24) is 19.1 Å². The molecule has 11 rings (SSSR count). The van der Waals surface area contributed by atoms with Gasteiger partial charge in [0, 0.05) is 68.0 Å². The largest absolute Gasteiger partial charge is 0.310 e. The normalized spacial score (nSPS) is 15.0. The van der Waals surface area contributed by atoms with Crippen LogP contribution in [0.25, 0.3) is 55.1 Å². The molecule has 2 aliphatic rings. The van der Waals surface area contributed by atoms with Gasteiger partial charge in [-0.15, -0.1) is 0 Å². The Labute approximate surface area is 296 Å². The van der Waals surface area contributed by atoms with Crippen molar-refractivity contribution in [3.63, 3.8) is 0 Å². The molecular formula is C46H35N5. The molecule has 0 bridgehead atoms. The first-order valence-corrected chi connectivity index (χ1v) is 17.8. The zero-order chi connectivity index (χ0) is 34.2. The molecule has 0 radical (unpaired) electrons. The Morgan fingerprint density at radius 3 is 1.78 bits per heavy atom. The van der Waals surface area contributed by atoms with Gasteiger partial charge < -0.3 is 9.47 Å². The van der Waals surface area contributed by atoms with E-state index in [1.54, 1.807) is 0 Å². The van der Waals surface area contributed by atoms with E-state index in [4.69, 9.17) is 4.98 Å². The van der Waals surface area contributed by atoms with E-state index in [0.29, 0.717) is 0 Å². The summed E-state index contributed by atoms with van der Waals surface area (Å²) < 4.78 is 4.84. The van der Waals surface area contributed by atoms with Gasteiger partial charge in [0.15, 0.2) is 0 Å². The lowest BCUT2D eigenvalue weighted by atomic mass is 9.74. The zero-order valence-corrected chi connectivity index (χ0v) is 29.0. The highest BCUT2D eigenvalue weighted by Gasteiger charge is 2.38. The fraction of sp³-hybridized carbons (Fsp3) is 0.130. The van der Waals surface area contributed by atoms with E-state index in [-0.39, 0.29) is 10.8 Å². The molecule has 0 unspecified atom stereocenters. The third-order valence-electron chi connectivity index (χ3n) is 11.8. The topological polar surface area (TPSA) is 38.9 Å². The summed E-state index contributed by atoms with van der Waals surface area (Å²) in [6.07, 6.45) is 5.82. The number of rotatable bonds is 3. The number of benzene rings is 5. The predicted molar refractivity (Wildman–Crippen MR) is 210 cm³/mol. The van der Waals surface area contributed by atoms with Gasteiger partial charge in [-0.25, -0.2) is 4.98 Å². The van der Waals surface area contributed by atoms with Crippen molar-refractivity contribution in [3.8, 4) is 11.4 Å². The third kappa shape index (κ3) is 3.60. The van der Waals surface area contributed by atoms with Crippen LogP contribution in [0.2, 0.25) is 0 Å². The van der Waals surface area contributed by atoms with Gasteiger partial charge in [0.1, 0.15) is 5.65 Å². The summed E-state index contributed by atoms with van der Waals surface area (Å²) in [5.74, 6) is 0. The lowest BCUT2D eigenvalue weighted by Gasteiger charge is -2.37. The molecule has 5 aromatic carbocycles. The Morgan fingerprint density at radius 1 is 0.490 bits per heavy atom. The van der Waals surface area contributed by atoms with Crippen LogP contribution in [0.5, 0.6) is 0 Å². The van der Waals surface area contributed by atoms with Gasteiger partial charge in [-0.3, -0.25) is 9.55 Å². The van der Waals surface area contributed by atoms with Crippen LogP contribution in [0.3, 0.4) is 0 Å². The Bertz CT molecular complexity index is 2740. The molecule has 4 aromatic heterocycles. The number of pyridine rings is 2. The average Bonchev–Trinajstić information content (AvgIpc) is 3.68. The summed E-state index contributed by atoms with van der Waals surface area (Å²) in [7, 11) is 0. The quantitative estimate of drug-likeness (QED) is 0.190. The molecule has 244 valence electrons. The van der Waals surface area contributed by atoms with Crippen LogP contribution in [-0.2, 0) is 10.8 Å². The molecule has 0 saturated heterocycles. The summed E-state index contributed by atoms with van der Waals surface area (Å²) in [6, 6.07) is 44.7. The Hall–Kier alpha value is -6.20. The number of aromatic nitrogens is 4. The van der Waals surface area contributed by atoms with Crippen LogP contribution in [0, 0.1) is 0 Å². The summed E-state index contributed by atoms with van der Waals surface area (Å²) in [4.78, 5) is 11.8. The van der Waals surface area contributed by atoms with E-state index >= 15 is 0 Å². The van der Waals surface area contributed by atoms with Gasteiger partial charge in [0.05, 0.1) is 27.9 Å². The predicted octanol–water partition coefficient (Wildman–Crippen LogP) is 11.4. The smallest absolute Gasteiger partial charge is 0.145 e. The zero-order valence-electron chi connectivity index (χ0n) is 29.0. The van der Waals surface area contributed by atoms with Crippen LogP contribution < -0.4 is 4.90 Å². The number of para-hydroxylation sites is 3. The molecule has 51 heavy (non-hydrogen) atoms. The van der Waals surface area contributed by atoms with E-state index in [2.05, 4.69) is 162 Å². The summed E-state index contributed by atoms with van der Waals surface area (Å²) in [5, 5.41) is 4.89. The highest BCUT2D eigenvalue weighted by Crippen LogP contribution is 2.51. The summed E-state index contributed by atoms with van der Waals surface area (Å²) in [5.41, 5.74) is 15.3. The molecule has 0 N–H and O–H groups in total. The van der Waals surface area contributed by atoms with Gasteiger partial charge in [0.2, 0.25) is 0 Å². The summed E-state index contributed by atoms with van der Waals surface area (Å²) >= 11 is 0. The molecule has 5 heteroatoms. The van der Waals surface area contributed by atoms with Gasteiger partial charge in [-0.2, -0.15) is 0 Å². The number of hydrogen-bond acceptors (Lipinski definition) is 3. The van der Waals surface area contributed by atoms with E-state index in [9.17, 15) is 0 Å². The monoisotopic (exact) mass is 657 g/mol. The second kappa shape index (κ2) is 9.73. The van der Waals surface area contributed by atoms with Crippen molar-refractivity contribution in [3.05, 3.63) is 162 Å². The van der Waals surface area contributed by atoms with Crippen molar-refractivity contribution in [2.45, 2.75) is 38.5 Å². The average molecular weight is 658 g/mol. The van der Waals surface area contributed by atoms with Crippen molar-refractivity contribution in [2.75, 3.05) is 4.90 Å². The lowest BCUT2D eigenvalue weighted by Crippen LogP contribution is -2.27. The van der Waals surface area contributed by atoms with E-state index < -0.39 is 0 Å². The number of anilines is 3. The first-order chi connectivity index (χ1) is 24.8. The fourth-order valence-electron chi connectivity index (χ4n) is 9.33. The minimum absolute atomic E-state index is 0.222. The van der Waals surface area contributed by atoms with Crippen LogP contribution in [0.4, 0.5) is 17.1 Å². The molecule has 6 heterocycles. The third-order valence-corrected chi connectivity index (χ3v) is 11.8. The molecule has 0 fully saturated rings. The number of fused-ring (bicyclic) bond motifs is 10. The second-order valence-electron chi connectivity index (χ2n) is 15.2. The van der Waals surface area contributed by atoms with Gasteiger partial charge >= 0.3 is 0 Å². The minimum Gasteiger partial charge on any atom is -0.310 e. The molecule has 2 aliphatic heterocycles. The first kappa shape index (κ1) is 28.6. The van der Waals surface area contributed by atoms with Crippen LogP contribution in [0.15, 0.2) is 140 Å². The Balaban J connectivity index is 1.15. The highest BCUT2D eigenvalue weighted by molar-refractivity contribution is 6.12. The molecular weight excluding hydrogens is 623 g/mol. The van der Waals surface area contributed by atoms with E-state index in [1.165, 1.54) is 71.7 Å². The molecule has 0 amide bonds. The van der Waals surface area contributed by atoms with Crippen molar-refractivity contribution in [1.29, 1.82) is 0 Å². The van der Waals surface area contributed by atoms with E-state index in [0.717, 1.165) is 22.7 Å². The SMILES string of the molecule is CC1(C)c2cc(N(c3ccccc3)c3ccc4c(c3)C(C)(C)c3cccc5c6cccnc6n-4c35)ccc2-n2c3ccncc3c3cccc1c32. The van der Waals surface area contributed by atoms with Crippen LogP contribution in [0.1, 0.15) is 49.9 Å². The Morgan fingerprint density at radius 2 is 1.10 bits per heavy atom. The Kier molecular flexibility index (Phi) is 5.46. The molecule has 9 aromatic rings. The van der Waals surface area contributed by atoms with Crippen molar-refractivity contribution in [2.24, 2.45) is 0 Å². The van der Waals surface area contributed by atoms with Gasteiger partial charge in [-0.1, -0.05) is 82.3 Å². The lowest BCUT2D eigenvalue weighted by molar-refractivity contribution is 0.629. The van der Waals surface area contributed by atoms with Crippen LogP contribution in [-0.4, -0.2) is 19.1 Å². The molecule has 0 aliphatic carbocycles. The second-order valence-corrected chi connectivity index (χ2v) is 15.2. The van der Waals surface area contributed by atoms with Crippen molar-refractivity contribution < 1.29 is 0 Å². The maximum atomic E-state index is 4.91. The number of nitrogens with zero attached hydrogens (tertiary/aromatic N) is 5. The highest BCUT2D eigenvalue weighted by atomic mass is 15.1. The van der Waals surface area contributed by atoms with Gasteiger partial charge in [0.25, 0.3) is 0 Å². The molecule has 0 atom stereocenters. The number of hydrogen-bond donors (Lipinski definition) is 0. The molecule has 0 saturated carbocycles. The fourth-order valence-corrected chi connectivity index (χ4v) is 9.33.